The molecule has 3 aromatic rings. The van der Waals surface area contributed by atoms with E-state index in [2.05, 4.69) is 37.4 Å². The van der Waals surface area contributed by atoms with Crippen LogP contribution < -0.4 is 5.32 Å². The van der Waals surface area contributed by atoms with Crippen molar-refractivity contribution in [2.45, 2.75) is 19.5 Å². The number of rotatable bonds is 5. The third-order valence-electron chi connectivity index (χ3n) is 3.53. The van der Waals surface area contributed by atoms with E-state index in [0.29, 0.717) is 0 Å². The Hall–Kier alpha value is -2.14. The predicted molar refractivity (Wildman–Crippen MR) is 79.4 cm³/mol. The van der Waals surface area contributed by atoms with Crippen molar-refractivity contribution in [1.82, 2.24) is 24.4 Å². The van der Waals surface area contributed by atoms with Gasteiger partial charge in [0, 0.05) is 26.0 Å². The van der Waals surface area contributed by atoms with Crippen molar-refractivity contribution in [3.8, 4) is 0 Å². The van der Waals surface area contributed by atoms with E-state index in [4.69, 9.17) is 0 Å². The summed E-state index contributed by atoms with van der Waals surface area (Å²) in [7, 11) is 2.03. The van der Waals surface area contributed by atoms with Crippen molar-refractivity contribution in [1.29, 1.82) is 0 Å². The molecule has 5 heteroatoms. The van der Waals surface area contributed by atoms with E-state index in [9.17, 15) is 0 Å². The van der Waals surface area contributed by atoms with Crippen LogP contribution in [-0.4, -0.2) is 25.6 Å². The van der Waals surface area contributed by atoms with Crippen LogP contribution in [0.25, 0.3) is 11.0 Å². The second-order valence-corrected chi connectivity index (χ2v) is 4.89. The van der Waals surface area contributed by atoms with Gasteiger partial charge in [0.05, 0.1) is 23.4 Å². The summed E-state index contributed by atoms with van der Waals surface area (Å²) >= 11 is 0. The summed E-state index contributed by atoms with van der Waals surface area (Å²) in [6, 6.07) is 8.38. The van der Waals surface area contributed by atoms with E-state index in [0.717, 1.165) is 29.9 Å². The number of hydrogen-bond donors (Lipinski definition) is 1. The Kier molecular flexibility index (Phi) is 3.52. The monoisotopic (exact) mass is 269 g/mol. The molecule has 0 saturated heterocycles. The zero-order chi connectivity index (χ0) is 13.9. The zero-order valence-electron chi connectivity index (χ0n) is 11.8. The van der Waals surface area contributed by atoms with E-state index in [1.54, 1.807) is 0 Å². The van der Waals surface area contributed by atoms with Gasteiger partial charge >= 0.3 is 0 Å². The molecule has 20 heavy (non-hydrogen) atoms. The highest BCUT2D eigenvalue weighted by atomic mass is 15.1. The largest absolute Gasteiger partial charge is 0.337 e. The lowest BCUT2D eigenvalue weighted by Gasteiger charge is -2.18. The van der Waals surface area contributed by atoms with Crippen molar-refractivity contribution in [3.05, 3.63) is 48.8 Å². The number of aromatic nitrogens is 4. The van der Waals surface area contributed by atoms with E-state index < -0.39 is 0 Å². The molecule has 0 aliphatic rings. The molecule has 1 N–H and O–H groups in total. The Bertz CT molecular complexity index is 697. The van der Waals surface area contributed by atoms with Gasteiger partial charge in [0.1, 0.15) is 5.82 Å². The number of para-hydroxylation sites is 2. The summed E-state index contributed by atoms with van der Waals surface area (Å²) in [5.74, 6) is 1.05. The van der Waals surface area contributed by atoms with E-state index in [1.807, 2.05) is 44.0 Å². The molecule has 0 spiro atoms. The molecule has 2 aromatic heterocycles. The average Bonchev–Trinajstić information content (AvgIpc) is 3.05. The molecule has 1 atom stereocenters. The van der Waals surface area contributed by atoms with E-state index >= 15 is 0 Å². The number of hydrogen-bond acceptors (Lipinski definition) is 3. The maximum absolute atomic E-state index is 4.46. The molecule has 104 valence electrons. The molecule has 2 heterocycles. The molecule has 0 aliphatic carbocycles. The molecule has 1 unspecified atom stereocenters. The van der Waals surface area contributed by atoms with Crippen LogP contribution in [-0.2, 0) is 13.6 Å². The predicted octanol–water partition coefficient (Wildman–Crippen LogP) is 2.12. The highest BCUT2D eigenvalue weighted by Gasteiger charge is 2.16. The van der Waals surface area contributed by atoms with Gasteiger partial charge in [-0.3, -0.25) is 0 Å². The minimum Gasteiger partial charge on any atom is -0.337 e. The number of benzene rings is 1. The van der Waals surface area contributed by atoms with Gasteiger partial charge in [-0.15, -0.1) is 0 Å². The first-order valence-electron chi connectivity index (χ1n) is 6.90. The topological polar surface area (TPSA) is 47.7 Å². The molecular weight excluding hydrogens is 250 g/mol. The highest BCUT2D eigenvalue weighted by molar-refractivity contribution is 5.74. The molecule has 0 bridgehead atoms. The summed E-state index contributed by atoms with van der Waals surface area (Å²) in [4.78, 5) is 8.91. The number of aryl methyl sites for hydroxylation is 1. The van der Waals surface area contributed by atoms with Crippen LogP contribution in [0.1, 0.15) is 18.8 Å². The number of likely N-dealkylation sites (N-methyl/N-ethyl adjacent to an activating group) is 1. The first-order chi connectivity index (χ1) is 9.79. The van der Waals surface area contributed by atoms with E-state index in [-0.39, 0.29) is 6.04 Å². The average molecular weight is 269 g/mol. The van der Waals surface area contributed by atoms with Gasteiger partial charge in [-0.05, 0) is 18.7 Å². The molecule has 0 fully saturated rings. The summed E-state index contributed by atoms with van der Waals surface area (Å²) in [5, 5.41) is 3.50. The number of nitrogens with zero attached hydrogens (tertiary/aromatic N) is 4. The Morgan fingerprint density at radius 3 is 2.85 bits per heavy atom. The first-order valence-corrected chi connectivity index (χ1v) is 6.90. The summed E-state index contributed by atoms with van der Waals surface area (Å²) in [5.41, 5.74) is 2.19. The quantitative estimate of drug-likeness (QED) is 0.772. The summed E-state index contributed by atoms with van der Waals surface area (Å²) < 4.78 is 4.24. The maximum Gasteiger partial charge on any atom is 0.127 e. The Balaban J connectivity index is 1.92. The lowest BCUT2D eigenvalue weighted by atomic mass is 10.2. The van der Waals surface area contributed by atoms with Gasteiger partial charge in [-0.2, -0.15) is 0 Å². The second kappa shape index (κ2) is 5.46. The lowest BCUT2D eigenvalue weighted by molar-refractivity contribution is 0.449. The highest BCUT2D eigenvalue weighted by Crippen LogP contribution is 2.17. The molecule has 3 rings (SSSR count). The van der Waals surface area contributed by atoms with Gasteiger partial charge in [-0.25, -0.2) is 9.97 Å². The zero-order valence-corrected chi connectivity index (χ0v) is 11.8. The molecule has 0 saturated carbocycles. The second-order valence-electron chi connectivity index (χ2n) is 4.89. The minimum atomic E-state index is 0.178. The van der Waals surface area contributed by atoms with Crippen LogP contribution in [0, 0.1) is 0 Å². The van der Waals surface area contributed by atoms with Gasteiger partial charge in [0.25, 0.3) is 0 Å². The van der Waals surface area contributed by atoms with Crippen molar-refractivity contribution in [3.63, 3.8) is 0 Å². The third-order valence-corrected chi connectivity index (χ3v) is 3.53. The maximum atomic E-state index is 4.46. The van der Waals surface area contributed by atoms with Gasteiger partial charge < -0.3 is 14.5 Å². The fraction of sp³-hybridized carbons (Fsp3) is 0.333. The number of nitrogens with one attached hydrogen (secondary N) is 1. The lowest BCUT2D eigenvalue weighted by Crippen LogP contribution is -2.27. The molecule has 1 aromatic carbocycles. The molecular formula is C15H19N5. The van der Waals surface area contributed by atoms with E-state index in [1.165, 1.54) is 0 Å². The normalized spacial score (nSPS) is 12.9. The van der Waals surface area contributed by atoms with Crippen LogP contribution in [0.15, 0.2) is 43.0 Å². The van der Waals surface area contributed by atoms with Crippen molar-refractivity contribution in [2.75, 3.05) is 6.54 Å². The fourth-order valence-corrected chi connectivity index (χ4v) is 2.55. The third kappa shape index (κ3) is 2.32. The Labute approximate surface area is 118 Å². The number of fused-ring (bicyclic) bond motifs is 1. The van der Waals surface area contributed by atoms with Gasteiger partial charge in [0.2, 0.25) is 0 Å². The minimum absolute atomic E-state index is 0.178. The van der Waals surface area contributed by atoms with Crippen molar-refractivity contribution in [2.24, 2.45) is 7.05 Å². The van der Waals surface area contributed by atoms with Gasteiger partial charge in [0.15, 0.2) is 0 Å². The molecule has 5 nitrogen and oxygen atoms in total. The van der Waals surface area contributed by atoms with Crippen LogP contribution >= 0.6 is 0 Å². The SMILES string of the molecule is CCNC(Cn1cnc2ccccc21)c1nccn1C. The molecule has 0 amide bonds. The Morgan fingerprint density at radius 2 is 2.10 bits per heavy atom. The van der Waals surface area contributed by atoms with Crippen LogP contribution in [0.4, 0.5) is 0 Å². The molecule has 0 radical (unpaired) electrons. The van der Waals surface area contributed by atoms with Crippen LogP contribution in [0.5, 0.6) is 0 Å². The standard InChI is InChI=1S/C15H19N5/c1-3-16-13(15-17-8-9-19(15)2)10-20-11-18-12-6-4-5-7-14(12)20/h4-9,11,13,16H,3,10H2,1-2H3. The number of imidazole rings is 2. The van der Waals surface area contributed by atoms with Gasteiger partial charge in [-0.1, -0.05) is 19.1 Å². The summed E-state index contributed by atoms with van der Waals surface area (Å²) in [6.07, 6.45) is 5.72. The summed E-state index contributed by atoms with van der Waals surface area (Å²) in [6.45, 7) is 3.84. The van der Waals surface area contributed by atoms with Crippen molar-refractivity contribution < 1.29 is 0 Å². The first kappa shape index (κ1) is 12.9. The fourth-order valence-electron chi connectivity index (χ4n) is 2.55. The smallest absolute Gasteiger partial charge is 0.127 e. The van der Waals surface area contributed by atoms with Crippen LogP contribution in [0.3, 0.4) is 0 Å². The van der Waals surface area contributed by atoms with Crippen LogP contribution in [0.2, 0.25) is 0 Å². The Morgan fingerprint density at radius 1 is 1.25 bits per heavy atom. The van der Waals surface area contributed by atoms with Crippen molar-refractivity contribution >= 4 is 11.0 Å². The molecule has 0 aliphatic heterocycles.